The monoisotopic (exact) mass is 492 g/mol. The van der Waals surface area contributed by atoms with Crippen LogP contribution in [0.15, 0.2) is 58.6 Å². The lowest BCUT2D eigenvalue weighted by Gasteiger charge is -2.24. The molecule has 31 heavy (non-hydrogen) atoms. The Labute approximate surface area is 196 Å². The van der Waals surface area contributed by atoms with Gasteiger partial charge >= 0.3 is 6.03 Å². The molecule has 0 radical (unpaired) electrons. The summed E-state index contributed by atoms with van der Waals surface area (Å²) in [6.07, 6.45) is 5.23. The number of halogens is 1. The van der Waals surface area contributed by atoms with Crippen molar-refractivity contribution >= 4 is 39.3 Å². The van der Waals surface area contributed by atoms with E-state index >= 15 is 0 Å². The van der Waals surface area contributed by atoms with Crippen LogP contribution in [-0.4, -0.2) is 46.7 Å². The van der Waals surface area contributed by atoms with Gasteiger partial charge in [-0.25, -0.2) is 9.80 Å². The molecule has 2 heterocycles. The van der Waals surface area contributed by atoms with Crippen LogP contribution in [0.2, 0.25) is 0 Å². The Kier molecular flexibility index (Phi) is 15.0. The summed E-state index contributed by atoms with van der Waals surface area (Å²) in [6, 6.07) is 8.91. The molecule has 1 aromatic rings. The number of nitrogens with zero attached hydrogens (tertiary/aromatic N) is 3. The van der Waals surface area contributed by atoms with Gasteiger partial charge in [0.1, 0.15) is 0 Å². The smallest absolute Gasteiger partial charge is 0.332 e. The van der Waals surface area contributed by atoms with Gasteiger partial charge < -0.3 is 10.2 Å². The molecular weight excluding hydrogens is 456 g/mol. The number of benzene rings is 1. The maximum atomic E-state index is 12.2. The average molecular weight is 493 g/mol. The van der Waals surface area contributed by atoms with E-state index in [-0.39, 0.29) is 18.0 Å². The first kappa shape index (κ1) is 28.6. The lowest BCUT2D eigenvalue weighted by Crippen LogP contribution is -2.44. The van der Waals surface area contributed by atoms with E-state index in [4.69, 9.17) is 0 Å². The van der Waals surface area contributed by atoms with E-state index in [1.165, 1.54) is 9.49 Å². The van der Waals surface area contributed by atoms with Crippen molar-refractivity contribution in [1.82, 2.24) is 9.91 Å². The van der Waals surface area contributed by atoms with Crippen LogP contribution in [0.1, 0.15) is 54.4 Å². The Bertz CT molecular complexity index is 743. The number of hydrogen-bond acceptors (Lipinski definition) is 3. The predicted molar refractivity (Wildman–Crippen MR) is 136 cm³/mol. The summed E-state index contributed by atoms with van der Waals surface area (Å²) in [5.74, 6) is 0.153. The molecule has 1 atom stereocenters. The molecule has 1 fully saturated rings. The fraction of sp³-hybridized carbons (Fsp3) is 0.458. The molecular formula is C24H37BrN4O2. The molecule has 1 saturated heterocycles. The molecule has 7 heteroatoms. The van der Waals surface area contributed by atoms with Crippen molar-refractivity contribution in [2.24, 2.45) is 5.10 Å². The minimum absolute atomic E-state index is 0.0819. The van der Waals surface area contributed by atoms with Crippen LogP contribution in [0.4, 0.5) is 10.5 Å². The normalized spacial score (nSPS) is 17.3. The van der Waals surface area contributed by atoms with Crippen LogP contribution in [0.5, 0.6) is 0 Å². The summed E-state index contributed by atoms with van der Waals surface area (Å²) in [5, 5.41) is 8.49. The molecule has 3 rings (SSSR count). The van der Waals surface area contributed by atoms with Gasteiger partial charge in [-0.3, -0.25) is 4.79 Å². The van der Waals surface area contributed by atoms with Crippen molar-refractivity contribution in [1.29, 1.82) is 0 Å². The van der Waals surface area contributed by atoms with Crippen LogP contribution < -0.4 is 5.32 Å². The zero-order valence-corrected chi connectivity index (χ0v) is 21.3. The van der Waals surface area contributed by atoms with Crippen molar-refractivity contribution in [3.63, 3.8) is 0 Å². The van der Waals surface area contributed by atoms with Crippen LogP contribution in [0, 0.1) is 0 Å². The molecule has 1 N–H and O–H groups in total. The molecule has 0 spiro atoms. The first-order valence-electron chi connectivity index (χ1n) is 10.7. The summed E-state index contributed by atoms with van der Waals surface area (Å²) in [6.45, 7) is 16.3. The Morgan fingerprint density at radius 1 is 1.26 bits per heavy atom. The number of hydrogen-bond donors (Lipinski definition) is 1. The molecule has 1 unspecified atom stereocenters. The van der Waals surface area contributed by atoms with Gasteiger partial charge in [-0.05, 0) is 50.7 Å². The first-order valence-corrected chi connectivity index (χ1v) is 11.5. The van der Waals surface area contributed by atoms with E-state index in [2.05, 4.69) is 32.9 Å². The zero-order valence-electron chi connectivity index (χ0n) is 19.7. The lowest BCUT2D eigenvalue weighted by molar-refractivity contribution is -0.128. The summed E-state index contributed by atoms with van der Waals surface area (Å²) in [7, 11) is 0. The Balaban J connectivity index is 0.000000768. The van der Waals surface area contributed by atoms with Gasteiger partial charge in [0.15, 0.2) is 0 Å². The minimum Gasteiger partial charge on any atom is -0.332 e. The van der Waals surface area contributed by atoms with Gasteiger partial charge in [0.05, 0.1) is 18.3 Å². The predicted octanol–water partition coefficient (Wildman–Crippen LogP) is 6.42. The molecule has 3 amide bonds. The quantitative estimate of drug-likeness (QED) is 0.483. The SMILES string of the molecule is C/C=C(\C)Br.C=CC.CC.CC1=NN(C(=O)Nc2ccccc2)CC1N1CCCC1=O. The molecule has 0 saturated carbocycles. The van der Waals surface area contributed by atoms with Gasteiger partial charge in [-0.15, -0.1) is 6.58 Å². The van der Waals surface area contributed by atoms with E-state index in [1.807, 2.05) is 82.9 Å². The highest BCUT2D eigenvalue weighted by molar-refractivity contribution is 9.11. The maximum Gasteiger partial charge on any atom is 0.342 e. The van der Waals surface area contributed by atoms with Crippen LogP contribution in [0.3, 0.4) is 0 Å². The third-order valence-corrected chi connectivity index (χ3v) is 4.71. The molecule has 0 bridgehead atoms. The number of anilines is 1. The van der Waals surface area contributed by atoms with Gasteiger partial charge in [-0.1, -0.05) is 60.1 Å². The number of para-hydroxylation sites is 1. The second kappa shape index (κ2) is 16.3. The second-order valence-electron chi connectivity index (χ2n) is 6.61. The van der Waals surface area contributed by atoms with Crippen molar-refractivity contribution in [2.75, 3.05) is 18.4 Å². The second-order valence-corrected chi connectivity index (χ2v) is 7.86. The van der Waals surface area contributed by atoms with Crippen LogP contribution in [-0.2, 0) is 4.79 Å². The van der Waals surface area contributed by atoms with Crippen LogP contribution in [0.25, 0.3) is 0 Å². The van der Waals surface area contributed by atoms with Gasteiger partial charge in [0, 0.05) is 18.7 Å². The number of likely N-dealkylation sites (tertiary alicyclic amines) is 1. The summed E-state index contributed by atoms with van der Waals surface area (Å²) < 4.78 is 1.19. The number of rotatable bonds is 2. The third-order valence-electron chi connectivity index (χ3n) is 4.25. The molecule has 0 aliphatic carbocycles. The minimum atomic E-state index is -0.269. The Hall–Kier alpha value is -2.41. The molecule has 172 valence electrons. The molecule has 1 aromatic carbocycles. The van der Waals surface area contributed by atoms with Gasteiger partial charge in [0.25, 0.3) is 0 Å². The Morgan fingerprint density at radius 3 is 2.26 bits per heavy atom. The number of amides is 3. The topological polar surface area (TPSA) is 65.0 Å². The first-order chi connectivity index (χ1) is 14.8. The number of urea groups is 1. The highest BCUT2D eigenvalue weighted by Gasteiger charge is 2.36. The van der Waals surface area contributed by atoms with Gasteiger partial charge in [-0.2, -0.15) is 5.10 Å². The Morgan fingerprint density at radius 2 is 1.81 bits per heavy atom. The fourth-order valence-electron chi connectivity index (χ4n) is 2.75. The van der Waals surface area contributed by atoms with E-state index in [0.29, 0.717) is 13.0 Å². The number of allylic oxidation sites excluding steroid dienone is 3. The zero-order chi connectivity index (χ0) is 23.8. The number of nitrogens with one attached hydrogen (secondary N) is 1. The van der Waals surface area contributed by atoms with Crippen molar-refractivity contribution in [3.05, 3.63) is 53.5 Å². The molecule has 0 aromatic heterocycles. The van der Waals surface area contributed by atoms with Crippen molar-refractivity contribution in [3.8, 4) is 0 Å². The van der Waals surface area contributed by atoms with E-state index in [9.17, 15) is 9.59 Å². The number of carbonyl (C=O) groups is 2. The average Bonchev–Trinajstić information content (AvgIpc) is 3.36. The van der Waals surface area contributed by atoms with Gasteiger partial charge in [0.2, 0.25) is 5.91 Å². The van der Waals surface area contributed by atoms with Crippen LogP contribution >= 0.6 is 15.9 Å². The number of carbonyl (C=O) groups excluding carboxylic acids is 2. The number of hydrazone groups is 1. The molecule has 6 nitrogen and oxygen atoms in total. The highest BCUT2D eigenvalue weighted by Crippen LogP contribution is 2.20. The third kappa shape index (κ3) is 10.4. The van der Waals surface area contributed by atoms with E-state index < -0.39 is 0 Å². The largest absolute Gasteiger partial charge is 0.342 e. The van der Waals surface area contributed by atoms with E-state index in [0.717, 1.165) is 24.4 Å². The molecule has 2 aliphatic heterocycles. The lowest BCUT2D eigenvalue weighted by atomic mass is 10.2. The summed E-state index contributed by atoms with van der Waals surface area (Å²) in [5.41, 5.74) is 1.55. The van der Waals surface area contributed by atoms with Crippen molar-refractivity contribution in [2.45, 2.75) is 60.4 Å². The highest BCUT2D eigenvalue weighted by atomic mass is 79.9. The van der Waals surface area contributed by atoms with Crippen molar-refractivity contribution < 1.29 is 9.59 Å². The summed E-state index contributed by atoms with van der Waals surface area (Å²) in [4.78, 5) is 25.9. The molecule has 2 aliphatic rings. The van der Waals surface area contributed by atoms with E-state index in [1.54, 1.807) is 6.08 Å². The summed E-state index contributed by atoms with van der Waals surface area (Å²) >= 11 is 3.23. The fourth-order valence-corrected chi connectivity index (χ4v) is 2.75. The maximum absolute atomic E-state index is 12.2. The standard InChI is InChI=1S/C15H18N4O2.C4H7Br.C3H6.C2H6/c1-11-13(18-9-5-8-14(18)20)10-19(17-11)15(21)16-12-6-3-2-4-7-12;1-3-4(2)5;1-3-2;1-2/h2-4,6-7,13H,5,8-10H2,1H3,(H,16,21);3H,1-2H3;3H,1H2,2H3;1-2H3/b;4-3+;;.